The summed E-state index contributed by atoms with van der Waals surface area (Å²) in [5.41, 5.74) is 1.76. The van der Waals surface area contributed by atoms with E-state index in [1.165, 1.54) is 0 Å². The van der Waals surface area contributed by atoms with E-state index >= 15 is 0 Å². The second kappa shape index (κ2) is 7.78. The van der Waals surface area contributed by atoms with Gasteiger partial charge in [-0.25, -0.2) is 9.97 Å². The predicted molar refractivity (Wildman–Crippen MR) is 106 cm³/mol. The van der Waals surface area contributed by atoms with Crippen molar-refractivity contribution in [2.24, 2.45) is 0 Å². The summed E-state index contributed by atoms with van der Waals surface area (Å²) in [6.07, 6.45) is 0. The molecule has 0 aliphatic rings. The molecule has 0 fully saturated rings. The van der Waals surface area contributed by atoms with Gasteiger partial charge in [0.2, 0.25) is 0 Å². The van der Waals surface area contributed by atoms with Crippen LogP contribution in [0.3, 0.4) is 0 Å². The molecule has 0 radical (unpaired) electrons. The number of likely N-dealkylation sites (N-methyl/N-ethyl adjacent to an activating group) is 1. The third-order valence-corrected chi connectivity index (χ3v) is 4.68. The standard InChI is InChI=1S/C19H27N5O2/c1-6-24(7-2)9-8-20-18-17-13-10-15(25-4)16(26-5)11-14(13)23-19(17)22-12(3)21-18/h10-11H,6-9H2,1-5H3,(H2,20,21,22,23). The molecular weight excluding hydrogens is 330 g/mol. The lowest BCUT2D eigenvalue weighted by Crippen LogP contribution is -2.28. The molecule has 2 aromatic heterocycles. The van der Waals surface area contributed by atoms with Gasteiger partial charge >= 0.3 is 0 Å². The van der Waals surface area contributed by atoms with E-state index in [9.17, 15) is 0 Å². The Bertz CT molecular complexity index is 902. The highest BCUT2D eigenvalue weighted by Crippen LogP contribution is 2.37. The van der Waals surface area contributed by atoms with Gasteiger partial charge in [0.25, 0.3) is 0 Å². The molecule has 0 aliphatic heterocycles. The Morgan fingerprint density at radius 1 is 1.08 bits per heavy atom. The summed E-state index contributed by atoms with van der Waals surface area (Å²) < 4.78 is 10.9. The molecule has 2 heterocycles. The Hall–Kier alpha value is -2.54. The minimum atomic E-state index is 0.687. The van der Waals surface area contributed by atoms with Gasteiger partial charge in [-0.1, -0.05) is 13.8 Å². The van der Waals surface area contributed by atoms with Crippen LogP contribution < -0.4 is 14.8 Å². The van der Waals surface area contributed by atoms with Crippen LogP contribution in [0.2, 0.25) is 0 Å². The molecule has 3 aromatic rings. The number of nitrogens with zero attached hydrogens (tertiary/aromatic N) is 3. The molecule has 0 saturated carbocycles. The molecule has 0 aliphatic carbocycles. The van der Waals surface area contributed by atoms with Crippen LogP contribution in [-0.4, -0.2) is 60.3 Å². The van der Waals surface area contributed by atoms with E-state index in [-0.39, 0.29) is 0 Å². The molecule has 2 N–H and O–H groups in total. The van der Waals surface area contributed by atoms with Crippen molar-refractivity contribution in [2.75, 3.05) is 45.7 Å². The average molecular weight is 357 g/mol. The summed E-state index contributed by atoms with van der Waals surface area (Å²) in [5, 5.41) is 5.48. The van der Waals surface area contributed by atoms with E-state index < -0.39 is 0 Å². The number of methoxy groups -OCH3 is 2. The number of anilines is 1. The van der Waals surface area contributed by atoms with Gasteiger partial charge in [-0.2, -0.15) is 0 Å². The number of aromatic amines is 1. The van der Waals surface area contributed by atoms with Crippen LogP contribution in [0.1, 0.15) is 19.7 Å². The van der Waals surface area contributed by atoms with Crippen molar-refractivity contribution < 1.29 is 9.47 Å². The molecule has 7 nitrogen and oxygen atoms in total. The molecule has 0 bridgehead atoms. The van der Waals surface area contributed by atoms with Gasteiger partial charge in [0.15, 0.2) is 11.5 Å². The highest BCUT2D eigenvalue weighted by Gasteiger charge is 2.16. The first-order chi connectivity index (χ1) is 12.6. The summed E-state index contributed by atoms with van der Waals surface area (Å²) in [6.45, 7) is 10.1. The first kappa shape index (κ1) is 18.3. The fourth-order valence-electron chi connectivity index (χ4n) is 3.24. The smallest absolute Gasteiger partial charge is 0.162 e. The van der Waals surface area contributed by atoms with Crippen LogP contribution in [0.5, 0.6) is 11.5 Å². The Morgan fingerprint density at radius 2 is 1.77 bits per heavy atom. The molecular formula is C19H27N5O2. The van der Waals surface area contributed by atoms with E-state index in [0.717, 1.165) is 59.8 Å². The van der Waals surface area contributed by atoms with Gasteiger partial charge in [-0.15, -0.1) is 0 Å². The van der Waals surface area contributed by atoms with Gasteiger partial charge in [0, 0.05) is 24.5 Å². The number of H-pyrrole nitrogens is 1. The Morgan fingerprint density at radius 3 is 2.42 bits per heavy atom. The molecule has 3 rings (SSSR count). The van der Waals surface area contributed by atoms with Crippen LogP contribution in [0, 0.1) is 6.92 Å². The summed E-state index contributed by atoms with van der Waals surface area (Å²) in [7, 11) is 3.28. The molecule has 26 heavy (non-hydrogen) atoms. The maximum atomic E-state index is 5.46. The summed E-state index contributed by atoms with van der Waals surface area (Å²) >= 11 is 0. The quantitative estimate of drug-likeness (QED) is 0.645. The Labute approximate surface area is 153 Å². The first-order valence-electron chi connectivity index (χ1n) is 8.99. The lowest BCUT2D eigenvalue weighted by atomic mass is 10.2. The van der Waals surface area contributed by atoms with Gasteiger partial charge < -0.3 is 24.7 Å². The zero-order valence-electron chi connectivity index (χ0n) is 16.1. The van der Waals surface area contributed by atoms with E-state index in [0.29, 0.717) is 11.5 Å². The lowest BCUT2D eigenvalue weighted by Gasteiger charge is -2.18. The number of rotatable bonds is 8. The summed E-state index contributed by atoms with van der Waals surface area (Å²) in [4.78, 5) is 14.9. The highest BCUT2D eigenvalue weighted by molar-refractivity contribution is 6.12. The number of nitrogens with one attached hydrogen (secondary N) is 2. The highest BCUT2D eigenvalue weighted by atomic mass is 16.5. The Kier molecular flexibility index (Phi) is 5.46. The predicted octanol–water partition coefficient (Wildman–Crippen LogP) is 3.19. The molecule has 0 spiro atoms. The summed E-state index contributed by atoms with van der Waals surface area (Å²) in [5.74, 6) is 2.95. The average Bonchev–Trinajstić information content (AvgIpc) is 3.00. The van der Waals surface area contributed by atoms with Crippen molar-refractivity contribution in [3.63, 3.8) is 0 Å². The SMILES string of the molecule is CCN(CC)CCNc1nc(C)nc2[nH]c3cc(OC)c(OC)cc3c12. The monoisotopic (exact) mass is 357 g/mol. The molecule has 140 valence electrons. The van der Waals surface area contributed by atoms with Crippen molar-refractivity contribution >= 4 is 27.8 Å². The number of aromatic nitrogens is 3. The number of ether oxygens (including phenoxy) is 2. The number of hydrogen-bond donors (Lipinski definition) is 2. The van der Waals surface area contributed by atoms with Crippen molar-refractivity contribution in [3.05, 3.63) is 18.0 Å². The molecule has 0 amide bonds. The number of hydrogen-bond acceptors (Lipinski definition) is 6. The third-order valence-electron chi connectivity index (χ3n) is 4.68. The topological polar surface area (TPSA) is 75.3 Å². The van der Waals surface area contributed by atoms with Gasteiger partial charge in [0.1, 0.15) is 17.3 Å². The fourth-order valence-corrected chi connectivity index (χ4v) is 3.24. The van der Waals surface area contributed by atoms with Gasteiger partial charge in [0.05, 0.1) is 25.1 Å². The van der Waals surface area contributed by atoms with Crippen molar-refractivity contribution in [3.8, 4) is 11.5 Å². The minimum absolute atomic E-state index is 0.687. The van der Waals surface area contributed by atoms with E-state index in [2.05, 4.69) is 39.0 Å². The fraction of sp³-hybridized carbons (Fsp3) is 0.474. The summed E-state index contributed by atoms with van der Waals surface area (Å²) in [6, 6.07) is 3.91. The van der Waals surface area contributed by atoms with Crippen molar-refractivity contribution in [1.82, 2.24) is 19.9 Å². The van der Waals surface area contributed by atoms with Crippen molar-refractivity contribution in [2.45, 2.75) is 20.8 Å². The zero-order chi connectivity index (χ0) is 18.7. The van der Waals surface area contributed by atoms with Crippen molar-refractivity contribution in [1.29, 1.82) is 0 Å². The van der Waals surface area contributed by atoms with Crippen LogP contribution in [-0.2, 0) is 0 Å². The van der Waals surface area contributed by atoms with E-state index in [1.807, 2.05) is 19.1 Å². The number of fused-ring (bicyclic) bond motifs is 3. The number of aryl methyl sites for hydroxylation is 1. The van der Waals surface area contributed by atoms with Gasteiger partial charge in [-0.05, 0) is 26.1 Å². The second-order valence-electron chi connectivity index (χ2n) is 6.17. The van der Waals surface area contributed by atoms with Crippen LogP contribution in [0.15, 0.2) is 12.1 Å². The molecule has 0 unspecified atom stereocenters. The van der Waals surface area contributed by atoms with Gasteiger partial charge in [-0.3, -0.25) is 0 Å². The zero-order valence-corrected chi connectivity index (χ0v) is 16.1. The number of benzene rings is 1. The van der Waals surface area contributed by atoms with Crippen LogP contribution in [0.25, 0.3) is 21.9 Å². The molecule has 0 saturated heterocycles. The van der Waals surface area contributed by atoms with Crippen LogP contribution >= 0.6 is 0 Å². The third kappa shape index (κ3) is 3.39. The van der Waals surface area contributed by atoms with E-state index in [1.54, 1.807) is 14.2 Å². The van der Waals surface area contributed by atoms with E-state index in [4.69, 9.17) is 9.47 Å². The largest absolute Gasteiger partial charge is 0.493 e. The second-order valence-corrected chi connectivity index (χ2v) is 6.17. The van der Waals surface area contributed by atoms with Crippen LogP contribution in [0.4, 0.5) is 5.82 Å². The first-order valence-corrected chi connectivity index (χ1v) is 8.99. The lowest BCUT2D eigenvalue weighted by molar-refractivity contribution is 0.316. The minimum Gasteiger partial charge on any atom is -0.493 e. The maximum Gasteiger partial charge on any atom is 0.162 e. The molecule has 0 atom stereocenters. The maximum absolute atomic E-state index is 5.46. The molecule has 7 heteroatoms. The normalized spacial score (nSPS) is 11.5. The Balaban J connectivity index is 2.04. The molecule has 1 aromatic carbocycles.